The molecule has 0 aliphatic rings. The molecule has 22 heavy (non-hydrogen) atoms. The third kappa shape index (κ3) is 5.31. The Kier molecular flexibility index (Phi) is 5.96. The molecule has 0 heterocycles. The first kappa shape index (κ1) is 18.4. The van der Waals surface area contributed by atoms with Crippen molar-refractivity contribution in [1.29, 1.82) is 0 Å². The van der Waals surface area contributed by atoms with Crippen molar-refractivity contribution < 1.29 is 18.3 Å². The second kappa shape index (κ2) is 7.11. The Balaban J connectivity index is 3.27. The third-order valence-corrected chi connectivity index (χ3v) is 4.35. The van der Waals surface area contributed by atoms with E-state index in [0.29, 0.717) is 12.2 Å². The lowest BCUT2D eigenvalue weighted by atomic mass is 10.1. The Morgan fingerprint density at radius 3 is 2.41 bits per heavy atom. The number of carboxylic acid groups (broad SMARTS) is 1. The Bertz CT molecular complexity index is 633. The molecular weight excluding hydrogens is 304 g/mol. The average molecular weight is 328 g/mol. The summed E-state index contributed by atoms with van der Waals surface area (Å²) in [5, 5.41) is 12.2. The van der Waals surface area contributed by atoms with E-state index in [9.17, 15) is 13.2 Å². The average Bonchev–Trinajstić information content (AvgIpc) is 2.37. The minimum atomic E-state index is -3.77. The van der Waals surface area contributed by atoms with Crippen LogP contribution in [0.4, 0.5) is 5.69 Å². The van der Waals surface area contributed by atoms with E-state index >= 15 is 0 Å². The van der Waals surface area contributed by atoms with Crippen LogP contribution >= 0.6 is 0 Å². The van der Waals surface area contributed by atoms with Gasteiger partial charge in [0, 0.05) is 12.1 Å². The molecule has 0 aliphatic carbocycles. The predicted molar refractivity (Wildman–Crippen MR) is 86.9 cm³/mol. The fourth-order valence-corrected chi connectivity index (χ4v) is 3.11. The number of anilines is 1. The minimum absolute atomic E-state index is 0.0431. The van der Waals surface area contributed by atoms with Gasteiger partial charge in [-0.3, -0.25) is 0 Å². The largest absolute Gasteiger partial charge is 0.478 e. The fourth-order valence-electron chi connectivity index (χ4n) is 1.85. The lowest BCUT2D eigenvalue weighted by Crippen LogP contribution is -2.30. The van der Waals surface area contributed by atoms with Crippen molar-refractivity contribution in [3.8, 4) is 0 Å². The molecular formula is C15H24N2O4S. The molecule has 3 N–H and O–H groups in total. The van der Waals surface area contributed by atoms with Crippen LogP contribution in [0.5, 0.6) is 0 Å². The molecule has 1 rings (SSSR count). The first-order valence-corrected chi connectivity index (χ1v) is 8.70. The van der Waals surface area contributed by atoms with Crippen LogP contribution in [0.3, 0.4) is 0 Å². The van der Waals surface area contributed by atoms with Crippen molar-refractivity contribution in [2.24, 2.45) is 0 Å². The molecule has 1 aromatic carbocycles. The standard InChI is InChI=1S/C15H24N2O4S/c1-5-6-9-16-22(20,21)13-10-11(14(18)19)7-8-12(13)17-15(2,3)4/h7-8,10,16-17H,5-6,9H2,1-4H3,(H,18,19). The second-order valence-corrected chi connectivity index (χ2v) is 7.88. The van der Waals surface area contributed by atoms with Crippen molar-refractivity contribution in [2.45, 2.75) is 51.0 Å². The molecule has 0 fully saturated rings. The van der Waals surface area contributed by atoms with Gasteiger partial charge in [0.05, 0.1) is 11.3 Å². The summed E-state index contributed by atoms with van der Waals surface area (Å²) >= 11 is 0. The summed E-state index contributed by atoms with van der Waals surface area (Å²) in [6, 6.07) is 4.06. The van der Waals surface area contributed by atoms with Gasteiger partial charge >= 0.3 is 5.97 Å². The molecule has 0 unspecified atom stereocenters. The van der Waals surface area contributed by atoms with Crippen LogP contribution < -0.4 is 10.0 Å². The van der Waals surface area contributed by atoms with Gasteiger partial charge in [0.25, 0.3) is 0 Å². The molecule has 0 amide bonds. The molecule has 0 aliphatic heterocycles. The van der Waals surface area contributed by atoms with Gasteiger partial charge in [-0.15, -0.1) is 0 Å². The summed E-state index contributed by atoms with van der Waals surface area (Å²) in [6.45, 7) is 7.99. The Morgan fingerprint density at radius 2 is 1.91 bits per heavy atom. The first-order valence-electron chi connectivity index (χ1n) is 7.22. The number of hydrogen-bond donors (Lipinski definition) is 3. The van der Waals surface area contributed by atoms with Crippen LogP contribution in [0, 0.1) is 0 Å². The van der Waals surface area contributed by atoms with Gasteiger partial charge in [0.2, 0.25) is 10.0 Å². The van der Waals surface area contributed by atoms with Crippen molar-refractivity contribution in [3.05, 3.63) is 23.8 Å². The Labute approximate surface area is 132 Å². The van der Waals surface area contributed by atoms with Gasteiger partial charge in [-0.05, 0) is 45.4 Å². The molecule has 0 radical (unpaired) electrons. The smallest absolute Gasteiger partial charge is 0.335 e. The summed E-state index contributed by atoms with van der Waals surface area (Å²) in [5.74, 6) is -1.16. The lowest BCUT2D eigenvalue weighted by Gasteiger charge is -2.24. The van der Waals surface area contributed by atoms with Crippen molar-refractivity contribution in [2.75, 3.05) is 11.9 Å². The molecule has 0 aromatic heterocycles. The highest BCUT2D eigenvalue weighted by Gasteiger charge is 2.22. The van der Waals surface area contributed by atoms with Gasteiger partial charge in [0.15, 0.2) is 0 Å². The number of aromatic carboxylic acids is 1. The number of nitrogens with one attached hydrogen (secondary N) is 2. The van der Waals surface area contributed by atoms with Crippen LogP contribution in [0.1, 0.15) is 50.9 Å². The van der Waals surface area contributed by atoms with Crippen molar-refractivity contribution in [1.82, 2.24) is 4.72 Å². The molecule has 0 spiro atoms. The molecule has 124 valence electrons. The van der Waals surface area contributed by atoms with Gasteiger partial charge in [0.1, 0.15) is 4.90 Å². The maximum atomic E-state index is 12.4. The maximum absolute atomic E-state index is 12.4. The number of carbonyl (C=O) groups is 1. The SMILES string of the molecule is CCCCNS(=O)(=O)c1cc(C(=O)O)ccc1NC(C)(C)C. The number of unbranched alkanes of at least 4 members (excludes halogenated alkanes) is 1. The van der Waals surface area contributed by atoms with E-state index in [1.807, 2.05) is 27.7 Å². The van der Waals surface area contributed by atoms with Crippen LogP contribution in [0.15, 0.2) is 23.1 Å². The zero-order chi connectivity index (χ0) is 17.0. The molecule has 0 saturated carbocycles. The molecule has 7 heteroatoms. The van der Waals surface area contributed by atoms with Crippen LogP contribution in [-0.2, 0) is 10.0 Å². The van der Waals surface area contributed by atoms with E-state index in [1.54, 1.807) is 0 Å². The zero-order valence-corrected chi connectivity index (χ0v) is 14.3. The van der Waals surface area contributed by atoms with Gasteiger partial charge in [-0.25, -0.2) is 17.9 Å². The van der Waals surface area contributed by atoms with E-state index in [-0.39, 0.29) is 16.0 Å². The lowest BCUT2D eigenvalue weighted by molar-refractivity contribution is 0.0696. The fraction of sp³-hybridized carbons (Fsp3) is 0.533. The molecule has 0 saturated heterocycles. The highest BCUT2D eigenvalue weighted by atomic mass is 32.2. The van der Waals surface area contributed by atoms with Crippen LogP contribution in [0.2, 0.25) is 0 Å². The summed E-state index contributed by atoms with van der Waals surface area (Å²) in [4.78, 5) is 11.1. The van der Waals surface area contributed by atoms with E-state index in [0.717, 1.165) is 12.8 Å². The zero-order valence-electron chi connectivity index (χ0n) is 13.4. The van der Waals surface area contributed by atoms with Gasteiger partial charge in [-0.2, -0.15) is 0 Å². The number of rotatable bonds is 7. The second-order valence-electron chi connectivity index (χ2n) is 6.14. The highest BCUT2D eigenvalue weighted by Crippen LogP contribution is 2.25. The number of sulfonamides is 1. The summed E-state index contributed by atoms with van der Waals surface area (Å²) in [5.41, 5.74) is -0.0184. The summed E-state index contributed by atoms with van der Waals surface area (Å²) < 4.78 is 27.4. The molecule has 6 nitrogen and oxygen atoms in total. The monoisotopic (exact) mass is 328 g/mol. The van der Waals surface area contributed by atoms with E-state index in [4.69, 9.17) is 5.11 Å². The molecule has 0 bridgehead atoms. The summed E-state index contributed by atoms with van der Waals surface area (Å²) in [7, 11) is -3.77. The maximum Gasteiger partial charge on any atom is 0.335 e. The summed E-state index contributed by atoms with van der Waals surface area (Å²) in [6.07, 6.45) is 1.59. The highest BCUT2D eigenvalue weighted by molar-refractivity contribution is 7.89. The first-order chi connectivity index (χ1) is 10.1. The van der Waals surface area contributed by atoms with Crippen molar-refractivity contribution in [3.63, 3.8) is 0 Å². The quantitative estimate of drug-likeness (QED) is 0.669. The van der Waals surface area contributed by atoms with Gasteiger partial charge in [-0.1, -0.05) is 13.3 Å². The van der Waals surface area contributed by atoms with E-state index < -0.39 is 16.0 Å². The van der Waals surface area contributed by atoms with Crippen LogP contribution in [-0.4, -0.2) is 31.6 Å². The normalized spacial score (nSPS) is 12.2. The number of carboxylic acids is 1. The third-order valence-electron chi connectivity index (χ3n) is 2.85. The number of benzene rings is 1. The van der Waals surface area contributed by atoms with Gasteiger partial charge < -0.3 is 10.4 Å². The van der Waals surface area contributed by atoms with E-state index in [1.165, 1.54) is 18.2 Å². The number of hydrogen-bond acceptors (Lipinski definition) is 4. The Hall–Kier alpha value is -1.60. The molecule has 1 aromatic rings. The molecule has 0 atom stereocenters. The van der Waals surface area contributed by atoms with Crippen molar-refractivity contribution >= 4 is 21.7 Å². The minimum Gasteiger partial charge on any atom is -0.478 e. The van der Waals surface area contributed by atoms with E-state index in [2.05, 4.69) is 10.0 Å². The predicted octanol–water partition coefficient (Wildman–Crippen LogP) is 2.67. The Morgan fingerprint density at radius 1 is 1.27 bits per heavy atom. The topological polar surface area (TPSA) is 95.5 Å². The van der Waals surface area contributed by atoms with Crippen LogP contribution in [0.25, 0.3) is 0 Å².